The highest BCUT2D eigenvalue weighted by molar-refractivity contribution is 6.31. The largest absolute Gasteiger partial charge is 0.478 e. The molecule has 0 saturated carbocycles. The van der Waals surface area contributed by atoms with Crippen molar-refractivity contribution >= 4 is 17.6 Å². The van der Waals surface area contributed by atoms with Crippen LogP contribution in [-0.4, -0.2) is 11.1 Å². The van der Waals surface area contributed by atoms with Crippen molar-refractivity contribution in [3.63, 3.8) is 0 Å². The van der Waals surface area contributed by atoms with E-state index >= 15 is 0 Å². The van der Waals surface area contributed by atoms with Crippen molar-refractivity contribution in [3.05, 3.63) is 58.6 Å². The lowest BCUT2D eigenvalue weighted by Gasteiger charge is -2.08. The number of carboxylic acid groups (broad SMARTS) is 1. The Labute approximate surface area is 106 Å². The van der Waals surface area contributed by atoms with Crippen LogP contribution < -0.4 is 0 Å². The lowest BCUT2D eigenvalue weighted by molar-refractivity contribution is 0.0697. The van der Waals surface area contributed by atoms with Crippen molar-refractivity contribution in [2.75, 3.05) is 0 Å². The molecule has 0 aliphatic heterocycles. The Morgan fingerprint density at radius 1 is 1.11 bits per heavy atom. The maximum atomic E-state index is 13.7. The molecule has 2 nitrogen and oxygen atoms in total. The van der Waals surface area contributed by atoms with E-state index in [1.54, 1.807) is 0 Å². The number of carboxylic acids is 1. The summed E-state index contributed by atoms with van der Waals surface area (Å²) in [6.07, 6.45) is 0. The van der Waals surface area contributed by atoms with Crippen molar-refractivity contribution in [3.8, 4) is 11.1 Å². The number of hydrogen-bond acceptors (Lipinski definition) is 1. The minimum Gasteiger partial charge on any atom is -0.478 e. The molecule has 0 aromatic heterocycles. The smallest absolute Gasteiger partial charge is 0.336 e. The van der Waals surface area contributed by atoms with Crippen LogP contribution in [0.1, 0.15) is 10.4 Å². The zero-order chi connectivity index (χ0) is 13.3. The fourth-order valence-electron chi connectivity index (χ4n) is 1.64. The molecule has 0 spiro atoms. The van der Waals surface area contributed by atoms with E-state index in [2.05, 4.69) is 0 Å². The molecule has 0 amide bonds. The normalized spacial score (nSPS) is 10.4. The Morgan fingerprint density at radius 2 is 1.83 bits per heavy atom. The fraction of sp³-hybridized carbons (Fsp3) is 0. The SMILES string of the molecule is O=C(O)c1ccc(Cl)cc1-c1cccc(F)c1F. The first kappa shape index (κ1) is 12.5. The molecule has 0 aliphatic carbocycles. The molecule has 92 valence electrons. The van der Waals surface area contributed by atoms with Gasteiger partial charge in [0.05, 0.1) is 5.56 Å². The summed E-state index contributed by atoms with van der Waals surface area (Å²) < 4.78 is 26.8. The summed E-state index contributed by atoms with van der Waals surface area (Å²) in [6.45, 7) is 0. The summed E-state index contributed by atoms with van der Waals surface area (Å²) >= 11 is 5.75. The molecule has 2 aromatic rings. The van der Waals surface area contributed by atoms with Crippen molar-refractivity contribution < 1.29 is 18.7 Å². The highest BCUT2D eigenvalue weighted by atomic mass is 35.5. The maximum Gasteiger partial charge on any atom is 0.336 e. The minimum absolute atomic E-state index is 0.0481. The third-order valence-electron chi connectivity index (χ3n) is 2.45. The summed E-state index contributed by atoms with van der Waals surface area (Å²) in [5.41, 5.74) is -0.217. The van der Waals surface area contributed by atoms with E-state index in [1.165, 1.54) is 30.3 Å². The molecule has 0 aliphatic rings. The molecule has 18 heavy (non-hydrogen) atoms. The van der Waals surface area contributed by atoms with Gasteiger partial charge in [-0.25, -0.2) is 13.6 Å². The van der Waals surface area contributed by atoms with Crippen LogP contribution in [0.2, 0.25) is 5.02 Å². The summed E-state index contributed by atoms with van der Waals surface area (Å²) in [7, 11) is 0. The molecule has 1 N–H and O–H groups in total. The Morgan fingerprint density at radius 3 is 2.50 bits per heavy atom. The average Bonchev–Trinajstić information content (AvgIpc) is 2.32. The Bertz CT molecular complexity index is 626. The van der Waals surface area contributed by atoms with Crippen LogP contribution in [0.25, 0.3) is 11.1 Å². The Balaban J connectivity index is 2.73. The van der Waals surface area contributed by atoms with E-state index in [-0.39, 0.29) is 21.7 Å². The van der Waals surface area contributed by atoms with Gasteiger partial charge in [-0.2, -0.15) is 0 Å². The summed E-state index contributed by atoms with van der Waals surface area (Å²) in [6, 6.07) is 7.50. The predicted octanol–water partition coefficient (Wildman–Crippen LogP) is 3.98. The molecule has 0 heterocycles. The standard InChI is InChI=1S/C13H7ClF2O2/c14-7-4-5-9(13(17)18)10(6-7)8-2-1-3-11(15)12(8)16/h1-6H,(H,17,18). The molecule has 0 radical (unpaired) electrons. The van der Waals surface area contributed by atoms with Crippen molar-refractivity contribution in [1.82, 2.24) is 0 Å². The van der Waals surface area contributed by atoms with E-state index in [0.717, 1.165) is 6.07 Å². The Kier molecular flexibility index (Phi) is 3.30. The van der Waals surface area contributed by atoms with Gasteiger partial charge in [0, 0.05) is 16.1 Å². The van der Waals surface area contributed by atoms with Gasteiger partial charge in [0.25, 0.3) is 0 Å². The van der Waals surface area contributed by atoms with Gasteiger partial charge < -0.3 is 5.11 Å². The van der Waals surface area contributed by atoms with Gasteiger partial charge in [-0.1, -0.05) is 23.7 Å². The third kappa shape index (κ3) is 2.19. The van der Waals surface area contributed by atoms with Crippen molar-refractivity contribution in [2.24, 2.45) is 0 Å². The number of halogens is 3. The molecule has 0 unspecified atom stereocenters. The van der Waals surface area contributed by atoms with Gasteiger partial charge >= 0.3 is 5.97 Å². The lowest BCUT2D eigenvalue weighted by Crippen LogP contribution is -2.01. The quantitative estimate of drug-likeness (QED) is 0.894. The van der Waals surface area contributed by atoms with E-state index in [0.29, 0.717) is 0 Å². The average molecular weight is 269 g/mol. The van der Waals surface area contributed by atoms with Crippen LogP contribution in [-0.2, 0) is 0 Å². The Hall–Kier alpha value is -1.94. The zero-order valence-corrected chi connectivity index (χ0v) is 9.71. The molecule has 0 bridgehead atoms. The number of aromatic carboxylic acids is 1. The highest BCUT2D eigenvalue weighted by Gasteiger charge is 2.17. The molecular weight excluding hydrogens is 262 g/mol. The van der Waals surface area contributed by atoms with Crippen LogP contribution in [0.5, 0.6) is 0 Å². The lowest BCUT2D eigenvalue weighted by atomic mass is 9.99. The molecule has 5 heteroatoms. The van der Waals surface area contributed by atoms with Gasteiger partial charge in [0.1, 0.15) is 0 Å². The first-order chi connectivity index (χ1) is 8.50. The van der Waals surface area contributed by atoms with E-state index in [4.69, 9.17) is 16.7 Å². The topological polar surface area (TPSA) is 37.3 Å². The second-order valence-electron chi connectivity index (χ2n) is 3.60. The number of carbonyl (C=O) groups is 1. The number of rotatable bonds is 2. The minimum atomic E-state index is -1.23. The van der Waals surface area contributed by atoms with E-state index in [1.807, 2.05) is 0 Å². The van der Waals surface area contributed by atoms with Crippen molar-refractivity contribution in [2.45, 2.75) is 0 Å². The van der Waals surface area contributed by atoms with Crippen LogP contribution >= 0.6 is 11.6 Å². The van der Waals surface area contributed by atoms with Crippen molar-refractivity contribution in [1.29, 1.82) is 0 Å². The summed E-state index contributed by atoms with van der Waals surface area (Å²) in [5, 5.41) is 9.27. The number of benzene rings is 2. The maximum absolute atomic E-state index is 13.7. The first-order valence-corrected chi connectivity index (χ1v) is 5.35. The van der Waals surface area contributed by atoms with Crippen LogP contribution in [0.15, 0.2) is 36.4 Å². The molecule has 0 atom stereocenters. The fourth-order valence-corrected chi connectivity index (χ4v) is 1.81. The number of hydrogen-bond donors (Lipinski definition) is 1. The zero-order valence-electron chi connectivity index (χ0n) is 8.95. The summed E-state index contributed by atoms with van der Waals surface area (Å²) in [5.74, 6) is -3.36. The van der Waals surface area contributed by atoms with Crippen LogP contribution in [0.3, 0.4) is 0 Å². The monoisotopic (exact) mass is 268 g/mol. The highest BCUT2D eigenvalue weighted by Crippen LogP contribution is 2.30. The summed E-state index contributed by atoms with van der Waals surface area (Å²) in [4.78, 5) is 11.0. The van der Waals surface area contributed by atoms with Crippen LogP contribution in [0.4, 0.5) is 8.78 Å². The molecular formula is C13H7ClF2O2. The second kappa shape index (κ2) is 4.74. The van der Waals surface area contributed by atoms with Gasteiger partial charge in [-0.3, -0.25) is 0 Å². The predicted molar refractivity (Wildman–Crippen MR) is 63.8 cm³/mol. The molecule has 2 aromatic carbocycles. The van der Waals surface area contributed by atoms with E-state index < -0.39 is 17.6 Å². The third-order valence-corrected chi connectivity index (χ3v) is 2.69. The van der Waals surface area contributed by atoms with Crippen LogP contribution in [0, 0.1) is 11.6 Å². The second-order valence-corrected chi connectivity index (χ2v) is 4.03. The van der Waals surface area contributed by atoms with Gasteiger partial charge in [0.2, 0.25) is 0 Å². The molecule has 0 saturated heterocycles. The molecule has 0 fully saturated rings. The van der Waals surface area contributed by atoms with Gasteiger partial charge in [-0.05, 0) is 24.3 Å². The van der Waals surface area contributed by atoms with Gasteiger partial charge in [-0.15, -0.1) is 0 Å². The molecule has 2 rings (SSSR count). The first-order valence-electron chi connectivity index (χ1n) is 4.98. The van der Waals surface area contributed by atoms with E-state index in [9.17, 15) is 13.6 Å². The van der Waals surface area contributed by atoms with Gasteiger partial charge in [0.15, 0.2) is 11.6 Å².